The molecule has 0 aliphatic heterocycles. The second kappa shape index (κ2) is 7.74. The molecule has 1 aliphatic rings. The lowest BCUT2D eigenvalue weighted by Crippen LogP contribution is -2.16. The lowest BCUT2D eigenvalue weighted by Gasteiger charge is -2.29. The predicted octanol–water partition coefficient (Wildman–Crippen LogP) is 5.83. The van der Waals surface area contributed by atoms with Gasteiger partial charge in [-0.2, -0.15) is 0 Å². The van der Waals surface area contributed by atoms with E-state index in [0.29, 0.717) is 5.92 Å². The second-order valence-electron chi connectivity index (χ2n) is 6.25. The standard InChI is InChI=1S/C19H25NS/c1-3-8-16(9-4-1)10-7-13-18(19-20-14-15-21-19)17-11-5-2-6-12-17/h1,3-4,8-9,14-15,17-18H,2,5-7,10-13H2. The quantitative estimate of drug-likeness (QED) is 0.654. The van der Waals surface area contributed by atoms with Gasteiger partial charge in [0.25, 0.3) is 0 Å². The first-order valence-electron chi connectivity index (χ1n) is 8.37. The number of aryl methyl sites for hydroxylation is 1. The van der Waals surface area contributed by atoms with Gasteiger partial charge in [0, 0.05) is 17.5 Å². The summed E-state index contributed by atoms with van der Waals surface area (Å²) in [4.78, 5) is 4.64. The first kappa shape index (κ1) is 14.8. The fraction of sp³-hybridized carbons (Fsp3) is 0.526. The molecular formula is C19H25NS. The molecule has 1 heterocycles. The van der Waals surface area contributed by atoms with Crippen LogP contribution < -0.4 is 0 Å². The van der Waals surface area contributed by atoms with Gasteiger partial charge in [0.05, 0.1) is 5.01 Å². The highest BCUT2D eigenvalue weighted by Gasteiger charge is 2.26. The zero-order valence-electron chi connectivity index (χ0n) is 12.7. The van der Waals surface area contributed by atoms with Crippen molar-refractivity contribution in [1.29, 1.82) is 0 Å². The summed E-state index contributed by atoms with van der Waals surface area (Å²) >= 11 is 1.86. The maximum atomic E-state index is 4.64. The third kappa shape index (κ3) is 4.16. The van der Waals surface area contributed by atoms with E-state index in [1.54, 1.807) is 0 Å². The van der Waals surface area contributed by atoms with Crippen molar-refractivity contribution in [2.75, 3.05) is 0 Å². The van der Waals surface area contributed by atoms with E-state index in [2.05, 4.69) is 40.7 Å². The Kier molecular flexibility index (Phi) is 5.45. The largest absolute Gasteiger partial charge is 0.249 e. The summed E-state index contributed by atoms with van der Waals surface area (Å²) in [6, 6.07) is 10.9. The Morgan fingerprint density at radius 2 is 1.90 bits per heavy atom. The summed E-state index contributed by atoms with van der Waals surface area (Å²) in [5.41, 5.74) is 1.47. The van der Waals surface area contributed by atoms with Gasteiger partial charge in [0.15, 0.2) is 0 Å². The van der Waals surface area contributed by atoms with Gasteiger partial charge >= 0.3 is 0 Å². The predicted molar refractivity (Wildman–Crippen MR) is 90.8 cm³/mol. The van der Waals surface area contributed by atoms with Gasteiger partial charge in [-0.3, -0.25) is 0 Å². The van der Waals surface area contributed by atoms with Crippen molar-refractivity contribution >= 4 is 11.3 Å². The van der Waals surface area contributed by atoms with Gasteiger partial charge in [-0.1, -0.05) is 49.6 Å². The smallest absolute Gasteiger partial charge is 0.0958 e. The number of benzene rings is 1. The Morgan fingerprint density at radius 1 is 1.10 bits per heavy atom. The van der Waals surface area contributed by atoms with Gasteiger partial charge in [-0.05, 0) is 43.6 Å². The Labute approximate surface area is 132 Å². The van der Waals surface area contributed by atoms with Crippen molar-refractivity contribution < 1.29 is 0 Å². The topological polar surface area (TPSA) is 12.9 Å². The molecular weight excluding hydrogens is 274 g/mol. The second-order valence-corrected chi connectivity index (χ2v) is 7.18. The van der Waals surface area contributed by atoms with Crippen LogP contribution in [-0.4, -0.2) is 4.98 Å². The summed E-state index contributed by atoms with van der Waals surface area (Å²) in [6.07, 6.45) is 12.9. The van der Waals surface area contributed by atoms with E-state index in [1.807, 2.05) is 17.5 Å². The molecule has 1 aliphatic carbocycles. The molecule has 0 saturated heterocycles. The van der Waals surface area contributed by atoms with E-state index >= 15 is 0 Å². The zero-order valence-corrected chi connectivity index (χ0v) is 13.5. The van der Waals surface area contributed by atoms with Gasteiger partial charge in [-0.25, -0.2) is 4.98 Å². The number of thiazole rings is 1. The molecule has 0 bridgehead atoms. The van der Waals surface area contributed by atoms with Crippen molar-refractivity contribution in [2.24, 2.45) is 5.92 Å². The normalized spacial score (nSPS) is 17.7. The molecule has 2 aromatic rings. The van der Waals surface area contributed by atoms with Gasteiger partial charge in [-0.15, -0.1) is 11.3 Å². The highest BCUT2D eigenvalue weighted by Crippen LogP contribution is 2.39. The summed E-state index contributed by atoms with van der Waals surface area (Å²) in [5.74, 6) is 1.58. The summed E-state index contributed by atoms with van der Waals surface area (Å²) in [7, 11) is 0. The monoisotopic (exact) mass is 299 g/mol. The summed E-state index contributed by atoms with van der Waals surface area (Å²) < 4.78 is 0. The van der Waals surface area contributed by atoms with Crippen LogP contribution in [-0.2, 0) is 6.42 Å². The first-order chi connectivity index (χ1) is 10.4. The Morgan fingerprint density at radius 3 is 2.62 bits per heavy atom. The summed E-state index contributed by atoms with van der Waals surface area (Å²) in [5, 5.41) is 3.53. The fourth-order valence-electron chi connectivity index (χ4n) is 3.69. The third-order valence-corrected chi connectivity index (χ3v) is 5.72. The molecule has 1 saturated carbocycles. The molecule has 21 heavy (non-hydrogen) atoms. The number of hydrogen-bond donors (Lipinski definition) is 0. The minimum Gasteiger partial charge on any atom is -0.249 e. The molecule has 3 rings (SSSR count). The highest BCUT2D eigenvalue weighted by molar-refractivity contribution is 7.09. The molecule has 0 spiro atoms. The van der Waals surface area contributed by atoms with Crippen LogP contribution in [0.15, 0.2) is 41.9 Å². The molecule has 112 valence electrons. The minimum atomic E-state index is 0.703. The lowest BCUT2D eigenvalue weighted by atomic mass is 9.78. The van der Waals surface area contributed by atoms with Crippen molar-refractivity contribution in [3.8, 4) is 0 Å². The zero-order chi connectivity index (χ0) is 14.3. The van der Waals surface area contributed by atoms with Gasteiger partial charge < -0.3 is 0 Å². The molecule has 1 unspecified atom stereocenters. The molecule has 0 N–H and O–H groups in total. The Balaban J connectivity index is 1.59. The van der Waals surface area contributed by atoms with E-state index < -0.39 is 0 Å². The number of nitrogens with zero attached hydrogens (tertiary/aromatic N) is 1. The number of rotatable bonds is 6. The third-order valence-electron chi connectivity index (χ3n) is 4.81. The van der Waals surface area contributed by atoms with Crippen LogP contribution in [0, 0.1) is 5.92 Å². The van der Waals surface area contributed by atoms with Crippen LogP contribution in [0.2, 0.25) is 0 Å². The van der Waals surface area contributed by atoms with E-state index in [-0.39, 0.29) is 0 Å². The van der Waals surface area contributed by atoms with Crippen molar-refractivity contribution in [3.05, 3.63) is 52.5 Å². The molecule has 0 amide bonds. The van der Waals surface area contributed by atoms with Crippen LogP contribution in [0.25, 0.3) is 0 Å². The van der Waals surface area contributed by atoms with Gasteiger partial charge in [0.1, 0.15) is 0 Å². The molecule has 1 fully saturated rings. The van der Waals surface area contributed by atoms with E-state index in [9.17, 15) is 0 Å². The van der Waals surface area contributed by atoms with Crippen LogP contribution in [0.3, 0.4) is 0 Å². The van der Waals surface area contributed by atoms with Crippen molar-refractivity contribution in [2.45, 2.75) is 57.3 Å². The van der Waals surface area contributed by atoms with E-state index in [1.165, 1.54) is 61.9 Å². The number of hydrogen-bond acceptors (Lipinski definition) is 2. The molecule has 1 aromatic heterocycles. The maximum Gasteiger partial charge on any atom is 0.0958 e. The van der Waals surface area contributed by atoms with Crippen molar-refractivity contribution in [1.82, 2.24) is 4.98 Å². The molecule has 1 atom stereocenters. The molecule has 1 nitrogen and oxygen atoms in total. The van der Waals surface area contributed by atoms with Crippen LogP contribution in [0.4, 0.5) is 0 Å². The fourth-order valence-corrected chi connectivity index (χ4v) is 4.55. The molecule has 0 radical (unpaired) electrons. The van der Waals surface area contributed by atoms with Gasteiger partial charge in [0.2, 0.25) is 0 Å². The van der Waals surface area contributed by atoms with E-state index in [4.69, 9.17) is 0 Å². The number of aromatic nitrogens is 1. The Hall–Kier alpha value is -1.15. The highest BCUT2D eigenvalue weighted by atomic mass is 32.1. The molecule has 2 heteroatoms. The molecule has 1 aromatic carbocycles. The lowest BCUT2D eigenvalue weighted by molar-refractivity contribution is 0.290. The SMILES string of the molecule is c1ccc(CCCC(c2nccs2)C2CCCCC2)cc1. The minimum absolute atomic E-state index is 0.703. The van der Waals surface area contributed by atoms with Crippen LogP contribution >= 0.6 is 11.3 Å². The van der Waals surface area contributed by atoms with Crippen LogP contribution in [0.1, 0.15) is 61.4 Å². The summed E-state index contributed by atoms with van der Waals surface area (Å²) in [6.45, 7) is 0. The maximum absolute atomic E-state index is 4.64. The average Bonchev–Trinajstić information content (AvgIpc) is 3.07. The van der Waals surface area contributed by atoms with Crippen molar-refractivity contribution in [3.63, 3.8) is 0 Å². The van der Waals surface area contributed by atoms with Crippen LogP contribution in [0.5, 0.6) is 0 Å². The average molecular weight is 299 g/mol. The van der Waals surface area contributed by atoms with E-state index in [0.717, 1.165) is 5.92 Å². The first-order valence-corrected chi connectivity index (χ1v) is 9.25. The Bertz CT molecular complexity index is 500.